The molecule has 0 unspecified atom stereocenters. The van der Waals surface area contributed by atoms with Gasteiger partial charge in [0.15, 0.2) is 10.4 Å². The van der Waals surface area contributed by atoms with Crippen molar-refractivity contribution in [1.82, 2.24) is 4.90 Å². The second-order valence-electron chi connectivity index (χ2n) is 8.27. The van der Waals surface area contributed by atoms with E-state index in [1.54, 1.807) is 11.8 Å². The van der Waals surface area contributed by atoms with Gasteiger partial charge in [-0.25, -0.2) is 4.79 Å². The van der Waals surface area contributed by atoms with Crippen molar-refractivity contribution in [3.8, 4) is 0 Å². The highest BCUT2D eigenvalue weighted by atomic mass is 79.9. The molecule has 2 saturated heterocycles. The van der Waals surface area contributed by atoms with E-state index in [1.165, 1.54) is 11.8 Å². The Labute approximate surface area is 188 Å². The molecule has 4 atom stereocenters. The summed E-state index contributed by atoms with van der Waals surface area (Å²) in [5, 5.41) is 9.83. The first-order valence-corrected chi connectivity index (χ1v) is 11.5. The zero-order chi connectivity index (χ0) is 21.7. The number of carbonyl (C=O) groups excluding carboxylic acids is 2. The number of alkyl halides is 1. The third kappa shape index (κ3) is 3.27. The molecule has 7 heteroatoms. The van der Waals surface area contributed by atoms with Crippen molar-refractivity contribution in [2.24, 2.45) is 0 Å². The lowest BCUT2D eigenvalue weighted by Crippen LogP contribution is -2.74. The summed E-state index contributed by atoms with van der Waals surface area (Å²) in [5.74, 6) is -0.723. The first-order chi connectivity index (χ1) is 14.2. The average molecular weight is 490 g/mol. The van der Waals surface area contributed by atoms with Gasteiger partial charge in [0.05, 0.1) is 6.10 Å². The fourth-order valence-electron chi connectivity index (χ4n) is 4.18. The number of esters is 1. The topological polar surface area (TPSA) is 66.8 Å². The van der Waals surface area contributed by atoms with Crippen LogP contribution in [-0.2, 0) is 14.3 Å². The molecule has 2 heterocycles. The van der Waals surface area contributed by atoms with Crippen molar-refractivity contribution in [1.29, 1.82) is 0 Å². The summed E-state index contributed by atoms with van der Waals surface area (Å²) in [6.07, 6.45) is -1.44. The summed E-state index contributed by atoms with van der Waals surface area (Å²) in [5.41, 5.74) is 1.73. The Balaban J connectivity index is 1.64. The van der Waals surface area contributed by atoms with Crippen LogP contribution in [0, 0.1) is 0 Å². The summed E-state index contributed by atoms with van der Waals surface area (Å²) in [6.45, 7) is 5.46. The number of amides is 1. The molecule has 0 saturated carbocycles. The predicted molar refractivity (Wildman–Crippen MR) is 120 cm³/mol. The van der Waals surface area contributed by atoms with Gasteiger partial charge in [-0.05, 0) is 31.9 Å². The third-order valence-corrected chi connectivity index (χ3v) is 9.19. The van der Waals surface area contributed by atoms with E-state index in [0.29, 0.717) is 0 Å². The van der Waals surface area contributed by atoms with Crippen molar-refractivity contribution >= 4 is 39.6 Å². The van der Waals surface area contributed by atoms with Crippen molar-refractivity contribution in [3.63, 3.8) is 0 Å². The number of fused-ring (bicyclic) bond motifs is 1. The van der Waals surface area contributed by atoms with Gasteiger partial charge in [-0.1, -0.05) is 76.6 Å². The Kier molecular flexibility index (Phi) is 5.49. The standard InChI is InChI=1S/C23H24BrNO4S/c1-14(26)23(24)20(28)25-18(22(2,3)30-21(23)25)19(27)29-17(15-10-6-4-7-11-15)16-12-8-5-9-13-16/h4-14,17-18,21,26H,1-3H3/t14-,18+,21-,23+/m1/s1. The van der Waals surface area contributed by atoms with Crippen LogP contribution in [0.1, 0.15) is 38.0 Å². The van der Waals surface area contributed by atoms with Gasteiger partial charge in [-0.15, -0.1) is 11.8 Å². The van der Waals surface area contributed by atoms with Gasteiger partial charge in [0.25, 0.3) is 0 Å². The second-order valence-corrected chi connectivity index (χ2v) is 11.3. The van der Waals surface area contributed by atoms with Crippen LogP contribution in [0.3, 0.4) is 0 Å². The molecule has 1 amide bonds. The van der Waals surface area contributed by atoms with Crippen LogP contribution in [-0.4, -0.2) is 48.5 Å². The monoisotopic (exact) mass is 489 g/mol. The quantitative estimate of drug-likeness (QED) is 0.391. The van der Waals surface area contributed by atoms with Gasteiger partial charge in [0.2, 0.25) is 5.91 Å². The lowest BCUT2D eigenvalue weighted by Gasteiger charge is -2.51. The number of rotatable bonds is 5. The largest absolute Gasteiger partial charge is 0.451 e. The fourth-order valence-corrected chi connectivity index (χ4v) is 6.60. The zero-order valence-electron chi connectivity index (χ0n) is 17.0. The molecule has 2 aromatic rings. The summed E-state index contributed by atoms with van der Waals surface area (Å²) < 4.78 is 4.42. The van der Waals surface area contributed by atoms with Crippen molar-refractivity contribution in [3.05, 3.63) is 71.8 Å². The second kappa shape index (κ2) is 7.70. The Bertz CT molecular complexity index is 913. The van der Waals surface area contributed by atoms with E-state index in [2.05, 4.69) is 15.9 Å². The highest BCUT2D eigenvalue weighted by molar-refractivity contribution is 9.10. The molecule has 1 N–H and O–H groups in total. The molecule has 0 radical (unpaired) electrons. The number of thioether (sulfide) groups is 1. The molecular formula is C23H24BrNO4S. The number of nitrogens with zero attached hydrogens (tertiary/aromatic N) is 1. The maximum atomic E-state index is 13.4. The van der Waals surface area contributed by atoms with Crippen LogP contribution in [0.2, 0.25) is 0 Å². The van der Waals surface area contributed by atoms with Gasteiger partial charge >= 0.3 is 5.97 Å². The van der Waals surface area contributed by atoms with Crippen LogP contribution in [0.25, 0.3) is 0 Å². The minimum atomic E-state index is -1.07. The molecule has 0 aliphatic carbocycles. The molecule has 2 aliphatic heterocycles. The van der Waals surface area contributed by atoms with E-state index in [-0.39, 0.29) is 11.3 Å². The van der Waals surface area contributed by atoms with Gasteiger partial charge in [-0.3, -0.25) is 4.79 Å². The van der Waals surface area contributed by atoms with Gasteiger partial charge in [0.1, 0.15) is 11.4 Å². The number of aliphatic hydroxyl groups excluding tert-OH is 1. The number of ether oxygens (including phenoxy) is 1. The van der Waals surface area contributed by atoms with Gasteiger partial charge in [-0.2, -0.15) is 0 Å². The fraction of sp³-hybridized carbons (Fsp3) is 0.391. The van der Waals surface area contributed by atoms with Gasteiger partial charge < -0.3 is 14.7 Å². The Hall–Kier alpha value is -1.83. The number of aliphatic hydroxyl groups is 1. The molecule has 5 nitrogen and oxygen atoms in total. The normalized spacial score (nSPS) is 28.1. The molecule has 0 aromatic heterocycles. The lowest BCUT2D eigenvalue weighted by atomic mass is 9.88. The maximum Gasteiger partial charge on any atom is 0.331 e. The van der Waals surface area contributed by atoms with E-state index in [4.69, 9.17) is 4.74 Å². The average Bonchev–Trinajstić information content (AvgIpc) is 3.01. The van der Waals surface area contributed by atoms with Crippen LogP contribution in [0.15, 0.2) is 60.7 Å². The Morgan fingerprint density at radius 3 is 2.07 bits per heavy atom. The molecule has 0 spiro atoms. The van der Waals surface area contributed by atoms with Crippen LogP contribution >= 0.6 is 27.7 Å². The number of β-lactam (4-membered cyclic amide) rings is 1. The third-order valence-electron chi connectivity index (χ3n) is 5.80. The smallest absolute Gasteiger partial charge is 0.331 e. The summed E-state index contributed by atoms with van der Waals surface area (Å²) >= 11 is 4.95. The van der Waals surface area contributed by atoms with E-state index in [1.807, 2.05) is 74.5 Å². The van der Waals surface area contributed by atoms with E-state index in [9.17, 15) is 14.7 Å². The van der Waals surface area contributed by atoms with Crippen LogP contribution in [0.4, 0.5) is 0 Å². The molecule has 0 bridgehead atoms. The predicted octanol–water partition coefficient (Wildman–Crippen LogP) is 3.90. The Morgan fingerprint density at radius 2 is 1.60 bits per heavy atom. The highest BCUT2D eigenvalue weighted by Gasteiger charge is 2.72. The summed E-state index contributed by atoms with van der Waals surface area (Å²) in [4.78, 5) is 27.9. The van der Waals surface area contributed by atoms with Crippen molar-refractivity contribution in [2.75, 3.05) is 0 Å². The minimum absolute atomic E-state index is 0.279. The number of hydrogen-bond acceptors (Lipinski definition) is 5. The van der Waals surface area contributed by atoms with Crippen molar-refractivity contribution in [2.45, 2.75) is 53.5 Å². The van der Waals surface area contributed by atoms with Crippen LogP contribution in [0.5, 0.6) is 0 Å². The molecule has 2 aliphatic rings. The number of hydrogen-bond donors (Lipinski definition) is 1. The molecule has 2 fully saturated rings. The molecule has 158 valence electrons. The summed E-state index contributed by atoms with van der Waals surface area (Å²) in [7, 11) is 0. The SMILES string of the molecule is C[C@@H](O)[C@]1(Br)C(=O)N2[C@@H](C(=O)OC(c3ccccc3)c3ccccc3)C(C)(C)S[C@@H]21. The van der Waals surface area contributed by atoms with E-state index >= 15 is 0 Å². The Morgan fingerprint density at radius 1 is 1.10 bits per heavy atom. The van der Waals surface area contributed by atoms with E-state index in [0.717, 1.165) is 11.1 Å². The molecule has 30 heavy (non-hydrogen) atoms. The minimum Gasteiger partial charge on any atom is -0.451 e. The lowest BCUT2D eigenvalue weighted by molar-refractivity contribution is -0.169. The number of benzene rings is 2. The summed E-state index contributed by atoms with van der Waals surface area (Å²) in [6, 6.07) is 18.4. The van der Waals surface area contributed by atoms with Gasteiger partial charge in [0, 0.05) is 4.75 Å². The first kappa shape index (κ1) is 21.4. The molecule has 2 aromatic carbocycles. The number of halogens is 1. The number of carbonyl (C=O) groups is 2. The highest BCUT2D eigenvalue weighted by Crippen LogP contribution is 2.59. The molecule has 4 rings (SSSR count). The maximum absolute atomic E-state index is 13.4. The molecular weight excluding hydrogens is 466 g/mol. The van der Waals surface area contributed by atoms with Crippen LogP contribution < -0.4 is 0 Å². The first-order valence-electron chi connectivity index (χ1n) is 9.86. The zero-order valence-corrected chi connectivity index (χ0v) is 19.4. The van der Waals surface area contributed by atoms with E-state index < -0.39 is 33.3 Å². The van der Waals surface area contributed by atoms with Crippen molar-refractivity contribution < 1.29 is 19.4 Å².